The van der Waals surface area contributed by atoms with E-state index in [0.29, 0.717) is 6.04 Å². The Balaban J connectivity index is 1.77. The van der Waals surface area contributed by atoms with Gasteiger partial charge in [0.25, 0.3) is 0 Å². The molecular formula is C12H21N3. The lowest BCUT2D eigenvalue weighted by atomic mass is 9.87. The Morgan fingerprint density at radius 2 is 2.13 bits per heavy atom. The zero-order chi connectivity index (χ0) is 10.7. The summed E-state index contributed by atoms with van der Waals surface area (Å²) in [6.45, 7) is 5.34. The average molecular weight is 207 g/mol. The lowest BCUT2D eigenvalue weighted by molar-refractivity contribution is 0.306. The molecule has 0 atom stereocenters. The van der Waals surface area contributed by atoms with Crippen molar-refractivity contribution in [1.82, 2.24) is 15.3 Å². The van der Waals surface area contributed by atoms with Gasteiger partial charge in [-0.3, -0.25) is 0 Å². The van der Waals surface area contributed by atoms with E-state index in [0.717, 1.165) is 18.2 Å². The molecule has 1 heterocycles. The molecule has 2 rings (SSSR count). The summed E-state index contributed by atoms with van der Waals surface area (Å²) in [5.74, 6) is 0.926. The molecule has 2 N–H and O–H groups in total. The molecule has 0 bridgehead atoms. The fraction of sp³-hybridized carbons (Fsp3) is 0.750. The number of rotatable bonds is 3. The lowest BCUT2D eigenvalue weighted by Crippen LogP contribution is -2.32. The monoisotopic (exact) mass is 207 g/mol. The van der Waals surface area contributed by atoms with Gasteiger partial charge in [-0.2, -0.15) is 0 Å². The third-order valence-electron chi connectivity index (χ3n) is 3.51. The quantitative estimate of drug-likeness (QED) is 0.799. The van der Waals surface area contributed by atoms with Gasteiger partial charge >= 0.3 is 0 Å². The van der Waals surface area contributed by atoms with Crippen LogP contribution in [0.4, 0.5) is 0 Å². The Kier molecular flexibility index (Phi) is 3.41. The molecule has 0 radical (unpaired) electrons. The van der Waals surface area contributed by atoms with Crippen molar-refractivity contribution in [3.8, 4) is 0 Å². The zero-order valence-corrected chi connectivity index (χ0v) is 9.71. The number of hydrogen-bond acceptors (Lipinski definition) is 2. The van der Waals surface area contributed by atoms with E-state index in [-0.39, 0.29) is 0 Å². The number of imidazole rings is 1. The largest absolute Gasteiger partial charge is 0.348 e. The highest BCUT2D eigenvalue weighted by atomic mass is 15.0. The number of nitrogens with zero attached hydrogens (tertiary/aromatic N) is 1. The van der Waals surface area contributed by atoms with Gasteiger partial charge in [0.05, 0.1) is 12.0 Å². The van der Waals surface area contributed by atoms with Crippen LogP contribution in [0.25, 0.3) is 0 Å². The number of H-pyrrole nitrogens is 1. The normalized spacial score (nSPS) is 26.8. The van der Waals surface area contributed by atoms with Crippen LogP contribution in [0.5, 0.6) is 0 Å². The molecule has 0 aromatic carbocycles. The molecule has 15 heavy (non-hydrogen) atoms. The molecule has 1 aliphatic carbocycles. The van der Waals surface area contributed by atoms with Crippen molar-refractivity contribution in [2.45, 2.75) is 52.1 Å². The average Bonchev–Trinajstić information content (AvgIpc) is 2.63. The van der Waals surface area contributed by atoms with Crippen molar-refractivity contribution in [1.29, 1.82) is 0 Å². The summed E-state index contributed by atoms with van der Waals surface area (Å²) in [6, 6.07) is 0.706. The van der Waals surface area contributed by atoms with Gasteiger partial charge in [-0.15, -0.1) is 0 Å². The van der Waals surface area contributed by atoms with E-state index in [4.69, 9.17) is 0 Å². The van der Waals surface area contributed by atoms with Crippen molar-refractivity contribution in [3.63, 3.8) is 0 Å². The first-order valence-electron chi connectivity index (χ1n) is 5.98. The molecular weight excluding hydrogens is 186 g/mol. The van der Waals surface area contributed by atoms with Crippen LogP contribution in [-0.2, 0) is 6.54 Å². The van der Waals surface area contributed by atoms with E-state index in [1.165, 1.54) is 31.4 Å². The molecule has 1 aromatic rings. The van der Waals surface area contributed by atoms with Crippen molar-refractivity contribution < 1.29 is 0 Å². The first kappa shape index (κ1) is 10.7. The van der Waals surface area contributed by atoms with Crippen LogP contribution in [0.3, 0.4) is 0 Å². The van der Waals surface area contributed by atoms with Crippen LogP contribution in [0.15, 0.2) is 6.33 Å². The van der Waals surface area contributed by atoms with E-state index >= 15 is 0 Å². The number of nitrogens with one attached hydrogen (secondary N) is 2. The Morgan fingerprint density at radius 3 is 2.73 bits per heavy atom. The van der Waals surface area contributed by atoms with Crippen molar-refractivity contribution >= 4 is 0 Å². The molecule has 1 aliphatic rings. The molecule has 0 spiro atoms. The second kappa shape index (κ2) is 4.79. The molecule has 3 nitrogen and oxygen atoms in total. The van der Waals surface area contributed by atoms with Crippen LogP contribution >= 0.6 is 0 Å². The molecule has 0 unspecified atom stereocenters. The summed E-state index contributed by atoms with van der Waals surface area (Å²) >= 11 is 0. The summed E-state index contributed by atoms with van der Waals surface area (Å²) in [6.07, 6.45) is 7.17. The maximum Gasteiger partial charge on any atom is 0.0925 e. The van der Waals surface area contributed by atoms with E-state index in [9.17, 15) is 0 Å². The van der Waals surface area contributed by atoms with Crippen molar-refractivity contribution in [3.05, 3.63) is 17.7 Å². The minimum Gasteiger partial charge on any atom is -0.348 e. The summed E-state index contributed by atoms with van der Waals surface area (Å²) in [4.78, 5) is 7.41. The highest BCUT2D eigenvalue weighted by Gasteiger charge is 2.17. The minimum atomic E-state index is 0.706. The Bertz CT molecular complexity index is 298. The van der Waals surface area contributed by atoms with Gasteiger partial charge in [0, 0.05) is 18.3 Å². The molecule has 0 saturated heterocycles. The topological polar surface area (TPSA) is 40.7 Å². The summed E-state index contributed by atoms with van der Waals surface area (Å²) in [7, 11) is 0. The Hall–Kier alpha value is -0.830. The molecule has 1 aromatic heterocycles. The fourth-order valence-corrected chi connectivity index (χ4v) is 2.27. The molecule has 84 valence electrons. The predicted octanol–water partition coefficient (Wildman–Crippen LogP) is 2.39. The molecule has 1 fully saturated rings. The van der Waals surface area contributed by atoms with Gasteiger partial charge in [0.1, 0.15) is 0 Å². The van der Waals surface area contributed by atoms with Crippen LogP contribution in [0, 0.1) is 12.8 Å². The molecule has 3 heteroatoms. The first-order valence-corrected chi connectivity index (χ1v) is 5.98. The first-order chi connectivity index (χ1) is 7.25. The Morgan fingerprint density at radius 1 is 1.40 bits per heavy atom. The highest BCUT2D eigenvalue weighted by Crippen LogP contribution is 2.23. The second-order valence-corrected chi connectivity index (χ2v) is 4.81. The molecule has 1 saturated carbocycles. The zero-order valence-electron chi connectivity index (χ0n) is 9.71. The SMILES string of the molecule is Cc1[nH]cnc1CNC1CCC(C)CC1. The van der Waals surface area contributed by atoms with Crippen molar-refractivity contribution in [2.24, 2.45) is 5.92 Å². The maximum atomic E-state index is 4.30. The summed E-state index contributed by atoms with van der Waals surface area (Å²) < 4.78 is 0. The third-order valence-corrected chi connectivity index (χ3v) is 3.51. The smallest absolute Gasteiger partial charge is 0.0925 e. The lowest BCUT2D eigenvalue weighted by Gasteiger charge is -2.26. The van der Waals surface area contributed by atoms with Gasteiger partial charge < -0.3 is 10.3 Å². The summed E-state index contributed by atoms with van der Waals surface area (Å²) in [5.41, 5.74) is 2.35. The van der Waals surface area contributed by atoms with Gasteiger partial charge in [-0.1, -0.05) is 6.92 Å². The van der Waals surface area contributed by atoms with E-state index in [1.54, 1.807) is 6.33 Å². The highest BCUT2D eigenvalue weighted by molar-refractivity contribution is 5.08. The maximum absolute atomic E-state index is 4.30. The fourth-order valence-electron chi connectivity index (χ4n) is 2.27. The van der Waals surface area contributed by atoms with Crippen LogP contribution in [-0.4, -0.2) is 16.0 Å². The van der Waals surface area contributed by atoms with Crippen LogP contribution in [0.2, 0.25) is 0 Å². The van der Waals surface area contributed by atoms with Gasteiger partial charge in [0.15, 0.2) is 0 Å². The van der Waals surface area contributed by atoms with E-state index in [2.05, 4.69) is 29.1 Å². The molecule has 0 amide bonds. The molecule has 0 aliphatic heterocycles. The van der Waals surface area contributed by atoms with E-state index in [1.807, 2.05) is 0 Å². The number of aryl methyl sites for hydroxylation is 1. The third kappa shape index (κ3) is 2.81. The van der Waals surface area contributed by atoms with Gasteiger partial charge in [-0.05, 0) is 38.5 Å². The van der Waals surface area contributed by atoms with Crippen molar-refractivity contribution in [2.75, 3.05) is 0 Å². The minimum absolute atomic E-state index is 0.706. The van der Waals surface area contributed by atoms with E-state index < -0.39 is 0 Å². The Labute approximate surface area is 91.7 Å². The van der Waals surface area contributed by atoms with Gasteiger partial charge in [0.2, 0.25) is 0 Å². The predicted molar refractivity (Wildman–Crippen MR) is 61.6 cm³/mol. The second-order valence-electron chi connectivity index (χ2n) is 4.81. The standard InChI is InChI=1S/C12H21N3/c1-9-3-5-11(6-4-9)13-7-12-10(2)14-8-15-12/h8-9,11,13H,3-7H2,1-2H3,(H,14,15). The van der Waals surface area contributed by atoms with Crippen LogP contribution in [0.1, 0.15) is 44.0 Å². The summed E-state index contributed by atoms with van der Waals surface area (Å²) in [5, 5.41) is 3.60. The van der Waals surface area contributed by atoms with Crippen LogP contribution < -0.4 is 5.32 Å². The van der Waals surface area contributed by atoms with Gasteiger partial charge in [-0.25, -0.2) is 4.98 Å². The number of aromatic nitrogens is 2. The number of hydrogen-bond donors (Lipinski definition) is 2. The number of aromatic amines is 1.